The van der Waals surface area contributed by atoms with Crippen molar-refractivity contribution in [2.75, 3.05) is 0 Å². The molecular formula is C18H15N5O. The maximum Gasteiger partial charge on any atom is 0.252 e. The molecule has 2 aromatic heterocycles. The SMILES string of the molecule is Cc1cccc(Oc2ncnc3c2nnn3-c2ccccc2)c1C. The zero-order valence-electron chi connectivity index (χ0n) is 13.3. The molecule has 118 valence electrons. The highest BCUT2D eigenvalue weighted by Crippen LogP contribution is 2.29. The van der Waals surface area contributed by atoms with Crippen LogP contribution in [0.15, 0.2) is 54.9 Å². The molecule has 0 saturated heterocycles. The van der Waals surface area contributed by atoms with Crippen molar-refractivity contribution in [3.8, 4) is 17.3 Å². The molecule has 4 aromatic rings. The number of hydrogen-bond donors (Lipinski definition) is 0. The zero-order chi connectivity index (χ0) is 16.5. The first-order valence-corrected chi connectivity index (χ1v) is 7.60. The van der Waals surface area contributed by atoms with Crippen molar-refractivity contribution in [1.82, 2.24) is 25.0 Å². The van der Waals surface area contributed by atoms with E-state index in [1.807, 2.05) is 62.4 Å². The Hall–Kier alpha value is -3.28. The minimum absolute atomic E-state index is 0.399. The maximum absolute atomic E-state index is 5.99. The fourth-order valence-corrected chi connectivity index (χ4v) is 2.48. The van der Waals surface area contributed by atoms with Crippen LogP contribution in [0.2, 0.25) is 0 Å². The van der Waals surface area contributed by atoms with E-state index in [1.165, 1.54) is 6.33 Å². The maximum atomic E-state index is 5.99. The first-order chi connectivity index (χ1) is 11.7. The molecule has 0 aliphatic heterocycles. The van der Waals surface area contributed by atoms with Gasteiger partial charge in [-0.2, -0.15) is 9.67 Å². The van der Waals surface area contributed by atoms with Crippen LogP contribution in [-0.4, -0.2) is 25.0 Å². The summed E-state index contributed by atoms with van der Waals surface area (Å²) in [6, 6.07) is 15.6. The van der Waals surface area contributed by atoms with Crippen molar-refractivity contribution in [3.63, 3.8) is 0 Å². The Labute approximate surface area is 138 Å². The molecule has 0 aliphatic carbocycles. The summed E-state index contributed by atoms with van der Waals surface area (Å²) in [6.45, 7) is 4.06. The van der Waals surface area contributed by atoms with Crippen molar-refractivity contribution in [3.05, 3.63) is 66.0 Å². The number of fused-ring (bicyclic) bond motifs is 1. The number of benzene rings is 2. The van der Waals surface area contributed by atoms with Gasteiger partial charge in [-0.05, 0) is 43.2 Å². The van der Waals surface area contributed by atoms with Crippen LogP contribution in [0.5, 0.6) is 11.6 Å². The third-order valence-corrected chi connectivity index (χ3v) is 3.97. The van der Waals surface area contributed by atoms with Gasteiger partial charge in [-0.1, -0.05) is 35.5 Å². The van der Waals surface area contributed by atoms with Gasteiger partial charge in [0, 0.05) is 0 Å². The predicted molar refractivity (Wildman–Crippen MR) is 90.4 cm³/mol. The van der Waals surface area contributed by atoms with Crippen molar-refractivity contribution in [2.45, 2.75) is 13.8 Å². The van der Waals surface area contributed by atoms with Crippen molar-refractivity contribution < 1.29 is 4.74 Å². The third kappa shape index (κ3) is 2.38. The van der Waals surface area contributed by atoms with Gasteiger partial charge in [0.05, 0.1) is 5.69 Å². The van der Waals surface area contributed by atoms with Gasteiger partial charge in [0.1, 0.15) is 12.1 Å². The smallest absolute Gasteiger partial charge is 0.252 e. The summed E-state index contributed by atoms with van der Waals surface area (Å²) in [5.74, 6) is 1.15. The summed E-state index contributed by atoms with van der Waals surface area (Å²) in [7, 11) is 0. The van der Waals surface area contributed by atoms with Gasteiger partial charge in [-0.15, -0.1) is 5.10 Å². The number of rotatable bonds is 3. The molecule has 2 aromatic carbocycles. The Morgan fingerprint density at radius 1 is 0.917 bits per heavy atom. The summed E-state index contributed by atoms with van der Waals surface area (Å²) in [6.07, 6.45) is 1.46. The number of aromatic nitrogens is 5. The van der Waals surface area contributed by atoms with Gasteiger partial charge in [-0.3, -0.25) is 0 Å². The van der Waals surface area contributed by atoms with E-state index in [9.17, 15) is 0 Å². The predicted octanol–water partition coefficient (Wildman–Crippen LogP) is 3.62. The lowest BCUT2D eigenvalue weighted by Gasteiger charge is -2.09. The van der Waals surface area contributed by atoms with Crippen molar-refractivity contribution in [1.29, 1.82) is 0 Å². The monoisotopic (exact) mass is 317 g/mol. The molecule has 6 heteroatoms. The molecule has 2 heterocycles. The highest BCUT2D eigenvalue weighted by atomic mass is 16.5. The van der Waals surface area contributed by atoms with E-state index >= 15 is 0 Å². The van der Waals surface area contributed by atoms with Gasteiger partial charge in [0.15, 0.2) is 11.2 Å². The zero-order valence-corrected chi connectivity index (χ0v) is 13.3. The molecule has 4 rings (SSSR count). The van der Waals surface area contributed by atoms with Crippen LogP contribution in [0.4, 0.5) is 0 Å². The van der Waals surface area contributed by atoms with E-state index in [4.69, 9.17) is 4.74 Å². The Morgan fingerprint density at radius 2 is 1.75 bits per heavy atom. The second-order valence-corrected chi connectivity index (χ2v) is 5.49. The van der Waals surface area contributed by atoms with Crippen molar-refractivity contribution >= 4 is 11.2 Å². The average Bonchev–Trinajstić information content (AvgIpc) is 3.05. The largest absolute Gasteiger partial charge is 0.437 e. The quantitative estimate of drug-likeness (QED) is 0.577. The Balaban J connectivity index is 1.81. The molecule has 0 N–H and O–H groups in total. The van der Waals surface area contributed by atoms with Crippen LogP contribution in [-0.2, 0) is 0 Å². The molecule has 0 bridgehead atoms. The summed E-state index contributed by atoms with van der Waals surface area (Å²) in [4.78, 5) is 8.54. The number of hydrogen-bond acceptors (Lipinski definition) is 5. The molecule has 0 atom stereocenters. The Kier molecular flexibility index (Phi) is 3.42. The number of aryl methyl sites for hydroxylation is 1. The van der Waals surface area contributed by atoms with Gasteiger partial charge >= 0.3 is 0 Å². The van der Waals surface area contributed by atoms with Gasteiger partial charge < -0.3 is 4.74 Å². The fourth-order valence-electron chi connectivity index (χ4n) is 2.48. The first-order valence-electron chi connectivity index (χ1n) is 7.60. The standard InChI is InChI=1S/C18H15N5O/c1-12-7-6-10-15(13(12)2)24-18-16-17(19-11-20-18)23(22-21-16)14-8-4-3-5-9-14/h3-11H,1-2H3. The van der Waals surface area contributed by atoms with Gasteiger partial charge in [0.2, 0.25) is 0 Å². The highest BCUT2D eigenvalue weighted by molar-refractivity contribution is 5.77. The molecule has 0 fully saturated rings. The first kappa shape index (κ1) is 14.3. The Morgan fingerprint density at radius 3 is 2.58 bits per heavy atom. The topological polar surface area (TPSA) is 65.7 Å². The van der Waals surface area contributed by atoms with E-state index < -0.39 is 0 Å². The van der Waals surface area contributed by atoms with Crippen LogP contribution >= 0.6 is 0 Å². The summed E-state index contributed by atoms with van der Waals surface area (Å²) in [5, 5.41) is 8.40. The van der Waals surface area contributed by atoms with E-state index in [0.29, 0.717) is 17.0 Å². The Bertz CT molecular complexity index is 1010. The van der Waals surface area contributed by atoms with Crippen LogP contribution in [0.25, 0.3) is 16.9 Å². The molecule has 6 nitrogen and oxygen atoms in total. The molecule has 24 heavy (non-hydrogen) atoms. The van der Waals surface area contributed by atoms with Crippen LogP contribution in [0.3, 0.4) is 0 Å². The minimum Gasteiger partial charge on any atom is -0.437 e. The lowest BCUT2D eigenvalue weighted by atomic mass is 10.1. The van der Waals surface area contributed by atoms with Crippen LogP contribution < -0.4 is 4.74 Å². The van der Waals surface area contributed by atoms with E-state index in [0.717, 1.165) is 22.6 Å². The lowest BCUT2D eigenvalue weighted by Crippen LogP contribution is -1.98. The number of nitrogens with zero attached hydrogens (tertiary/aromatic N) is 5. The fraction of sp³-hybridized carbons (Fsp3) is 0.111. The van der Waals surface area contributed by atoms with E-state index in [1.54, 1.807) is 4.68 Å². The number of para-hydroxylation sites is 1. The second kappa shape index (κ2) is 5.73. The number of ether oxygens (including phenoxy) is 1. The molecule has 0 aliphatic rings. The summed E-state index contributed by atoms with van der Waals surface area (Å²) < 4.78 is 7.66. The van der Waals surface area contributed by atoms with Gasteiger partial charge in [0.25, 0.3) is 5.88 Å². The molecular weight excluding hydrogens is 302 g/mol. The molecule has 0 amide bonds. The van der Waals surface area contributed by atoms with E-state index in [2.05, 4.69) is 20.3 Å². The molecule has 0 radical (unpaired) electrons. The van der Waals surface area contributed by atoms with Crippen LogP contribution in [0, 0.1) is 13.8 Å². The molecule has 0 unspecified atom stereocenters. The second-order valence-electron chi connectivity index (χ2n) is 5.49. The lowest BCUT2D eigenvalue weighted by molar-refractivity contribution is 0.463. The van der Waals surface area contributed by atoms with Crippen molar-refractivity contribution in [2.24, 2.45) is 0 Å². The molecule has 0 saturated carbocycles. The third-order valence-electron chi connectivity index (χ3n) is 3.97. The van der Waals surface area contributed by atoms with E-state index in [-0.39, 0.29) is 0 Å². The van der Waals surface area contributed by atoms with Gasteiger partial charge in [-0.25, -0.2) is 4.98 Å². The summed E-state index contributed by atoms with van der Waals surface area (Å²) >= 11 is 0. The van der Waals surface area contributed by atoms with Crippen LogP contribution in [0.1, 0.15) is 11.1 Å². The molecule has 0 spiro atoms. The highest BCUT2D eigenvalue weighted by Gasteiger charge is 2.15. The summed E-state index contributed by atoms with van der Waals surface area (Å²) in [5.41, 5.74) is 4.25. The average molecular weight is 317 g/mol. The minimum atomic E-state index is 0.399. The normalized spacial score (nSPS) is 10.9.